The van der Waals surface area contributed by atoms with Crippen LogP contribution < -0.4 is 5.32 Å². The smallest absolute Gasteiger partial charge is 0.144 e. The molecule has 0 spiro atoms. The average molecular weight is 180 g/mol. The van der Waals surface area contributed by atoms with E-state index in [9.17, 15) is 0 Å². The Balaban J connectivity index is 2.58. The minimum atomic E-state index is 0.808. The van der Waals surface area contributed by atoms with Gasteiger partial charge in [-0.2, -0.15) is 0 Å². The summed E-state index contributed by atoms with van der Waals surface area (Å²) < 4.78 is 0. The maximum absolute atomic E-state index is 4.27. The van der Waals surface area contributed by atoms with Gasteiger partial charge in [-0.15, -0.1) is 0 Å². The first-order valence-electron chi connectivity index (χ1n) is 4.43. The van der Waals surface area contributed by atoms with Crippen LogP contribution in [0.3, 0.4) is 0 Å². The van der Waals surface area contributed by atoms with Gasteiger partial charge in [0.25, 0.3) is 0 Å². The molecule has 1 aromatic rings. The molecule has 13 heavy (non-hydrogen) atoms. The molecule has 0 aliphatic rings. The Kier molecular flexibility index (Phi) is 3.64. The van der Waals surface area contributed by atoms with Crippen LogP contribution in [-0.2, 0) is 6.54 Å². The van der Waals surface area contributed by atoms with E-state index in [0.29, 0.717) is 0 Å². The molecule has 0 aliphatic carbocycles. The summed E-state index contributed by atoms with van der Waals surface area (Å²) in [5, 5.41) is 2.93. The molecule has 4 heteroatoms. The molecule has 0 bridgehead atoms. The van der Waals surface area contributed by atoms with E-state index >= 15 is 0 Å². The van der Waals surface area contributed by atoms with Crippen molar-refractivity contribution in [2.24, 2.45) is 0 Å². The first kappa shape index (κ1) is 9.92. The number of aromatic nitrogens is 2. The summed E-state index contributed by atoms with van der Waals surface area (Å²) in [6.07, 6.45) is 3.55. The standard InChI is InChI=1S/C9H16N4/c1-4-13(3)7-8-5-12-9(10-2)6-11-8/h5-6H,4,7H2,1-3H3,(H,10,12). The lowest BCUT2D eigenvalue weighted by Crippen LogP contribution is -2.17. The van der Waals surface area contributed by atoms with E-state index < -0.39 is 0 Å². The summed E-state index contributed by atoms with van der Waals surface area (Å²) in [6.45, 7) is 4.00. The lowest BCUT2D eigenvalue weighted by molar-refractivity contribution is 0.341. The minimum absolute atomic E-state index is 0.808. The zero-order chi connectivity index (χ0) is 9.68. The highest BCUT2D eigenvalue weighted by molar-refractivity contribution is 5.29. The molecule has 0 saturated carbocycles. The van der Waals surface area contributed by atoms with Gasteiger partial charge < -0.3 is 10.2 Å². The normalized spacial score (nSPS) is 10.5. The maximum Gasteiger partial charge on any atom is 0.144 e. The van der Waals surface area contributed by atoms with Gasteiger partial charge in [0.2, 0.25) is 0 Å². The summed E-state index contributed by atoms with van der Waals surface area (Å²) >= 11 is 0. The summed E-state index contributed by atoms with van der Waals surface area (Å²) in [5.74, 6) is 0.808. The van der Waals surface area contributed by atoms with Crippen molar-refractivity contribution in [3.8, 4) is 0 Å². The van der Waals surface area contributed by atoms with Gasteiger partial charge in [0.15, 0.2) is 0 Å². The summed E-state index contributed by atoms with van der Waals surface area (Å²) in [7, 11) is 3.90. The van der Waals surface area contributed by atoms with E-state index in [1.807, 2.05) is 7.05 Å². The molecule has 4 nitrogen and oxygen atoms in total. The van der Waals surface area contributed by atoms with E-state index in [2.05, 4.69) is 34.2 Å². The molecule has 0 radical (unpaired) electrons. The predicted octanol–water partition coefficient (Wildman–Crippen LogP) is 0.970. The maximum atomic E-state index is 4.27. The number of anilines is 1. The number of rotatable bonds is 4. The Morgan fingerprint density at radius 2 is 2.15 bits per heavy atom. The van der Waals surface area contributed by atoms with Crippen molar-refractivity contribution in [2.45, 2.75) is 13.5 Å². The number of hydrogen-bond acceptors (Lipinski definition) is 4. The van der Waals surface area contributed by atoms with Crippen LogP contribution in [-0.4, -0.2) is 35.5 Å². The van der Waals surface area contributed by atoms with Gasteiger partial charge in [-0.05, 0) is 13.6 Å². The third-order valence-electron chi connectivity index (χ3n) is 1.93. The molecular weight excluding hydrogens is 164 g/mol. The molecule has 1 rings (SSSR count). The summed E-state index contributed by atoms with van der Waals surface area (Å²) in [5.41, 5.74) is 1.00. The molecule has 72 valence electrons. The van der Waals surface area contributed by atoms with E-state index in [1.165, 1.54) is 0 Å². The van der Waals surface area contributed by atoms with Crippen LogP contribution in [0, 0.1) is 0 Å². The Morgan fingerprint density at radius 3 is 2.62 bits per heavy atom. The predicted molar refractivity (Wildman–Crippen MR) is 53.6 cm³/mol. The molecule has 0 aliphatic heterocycles. The van der Waals surface area contributed by atoms with Gasteiger partial charge in [0, 0.05) is 13.6 Å². The van der Waals surface area contributed by atoms with Crippen molar-refractivity contribution < 1.29 is 0 Å². The highest BCUT2D eigenvalue weighted by atomic mass is 15.1. The van der Waals surface area contributed by atoms with Crippen LogP contribution in [0.4, 0.5) is 5.82 Å². The quantitative estimate of drug-likeness (QED) is 0.749. The van der Waals surface area contributed by atoms with Crippen LogP contribution in [0.1, 0.15) is 12.6 Å². The molecule has 0 unspecified atom stereocenters. The Bertz CT molecular complexity index is 244. The largest absolute Gasteiger partial charge is 0.372 e. The zero-order valence-electron chi connectivity index (χ0n) is 8.41. The van der Waals surface area contributed by atoms with Crippen LogP contribution in [0.5, 0.6) is 0 Å². The fourth-order valence-electron chi connectivity index (χ4n) is 0.954. The second kappa shape index (κ2) is 4.77. The molecule has 0 aromatic carbocycles. The first-order chi connectivity index (χ1) is 6.26. The van der Waals surface area contributed by atoms with Gasteiger partial charge in [-0.1, -0.05) is 6.92 Å². The lowest BCUT2D eigenvalue weighted by Gasteiger charge is -2.12. The van der Waals surface area contributed by atoms with Gasteiger partial charge in [0.1, 0.15) is 5.82 Å². The third kappa shape index (κ3) is 2.99. The van der Waals surface area contributed by atoms with Crippen LogP contribution in [0.15, 0.2) is 12.4 Å². The SMILES string of the molecule is CCN(C)Cc1cnc(NC)cn1. The molecule has 0 amide bonds. The molecule has 1 heterocycles. The fraction of sp³-hybridized carbons (Fsp3) is 0.556. The van der Waals surface area contributed by atoms with Gasteiger partial charge in [-0.25, -0.2) is 4.98 Å². The minimum Gasteiger partial charge on any atom is -0.372 e. The molecular formula is C9H16N4. The highest BCUT2D eigenvalue weighted by Gasteiger charge is 1.99. The highest BCUT2D eigenvalue weighted by Crippen LogP contribution is 2.01. The zero-order valence-corrected chi connectivity index (χ0v) is 8.41. The molecule has 1 aromatic heterocycles. The van der Waals surface area contributed by atoms with Crippen LogP contribution in [0.25, 0.3) is 0 Å². The van der Waals surface area contributed by atoms with Crippen LogP contribution in [0.2, 0.25) is 0 Å². The first-order valence-corrected chi connectivity index (χ1v) is 4.43. The number of nitrogens with zero attached hydrogens (tertiary/aromatic N) is 3. The van der Waals surface area contributed by atoms with E-state index in [1.54, 1.807) is 12.4 Å². The fourth-order valence-corrected chi connectivity index (χ4v) is 0.954. The van der Waals surface area contributed by atoms with E-state index in [0.717, 1.165) is 24.6 Å². The van der Waals surface area contributed by atoms with Gasteiger partial charge in [0.05, 0.1) is 18.1 Å². The molecule has 0 saturated heterocycles. The van der Waals surface area contributed by atoms with Crippen molar-refractivity contribution in [1.29, 1.82) is 0 Å². The summed E-state index contributed by atoms with van der Waals surface area (Å²) in [4.78, 5) is 10.6. The molecule has 0 fully saturated rings. The molecule has 0 atom stereocenters. The Morgan fingerprint density at radius 1 is 1.38 bits per heavy atom. The average Bonchev–Trinajstić information content (AvgIpc) is 2.19. The topological polar surface area (TPSA) is 41.1 Å². The third-order valence-corrected chi connectivity index (χ3v) is 1.93. The van der Waals surface area contributed by atoms with Crippen molar-refractivity contribution >= 4 is 5.82 Å². The van der Waals surface area contributed by atoms with Crippen molar-refractivity contribution in [2.75, 3.05) is 26.0 Å². The second-order valence-corrected chi connectivity index (χ2v) is 2.97. The Hall–Kier alpha value is -1.16. The van der Waals surface area contributed by atoms with Crippen molar-refractivity contribution in [3.63, 3.8) is 0 Å². The van der Waals surface area contributed by atoms with Gasteiger partial charge >= 0.3 is 0 Å². The van der Waals surface area contributed by atoms with Crippen molar-refractivity contribution in [3.05, 3.63) is 18.1 Å². The Labute approximate surface area is 79.0 Å². The van der Waals surface area contributed by atoms with Gasteiger partial charge in [-0.3, -0.25) is 4.98 Å². The summed E-state index contributed by atoms with van der Waals surface area (Å²) in [6, 6.07) is 0. The van der Waals surface area contributed by atoms with Crippen LogP contribution >= 0.6 is 0 Å². The van der Waals surface area contributed by atoms with E-state index in [4.69, 9.17) is 0 Å². The molecule has 1 N–H and O–H groups in total. The monoisotopic (exact) mass is 180 g/mol. The lowest BCUT2D eigenvalue weighted by atomic mass is 10.4. The van der Waals surface area contributed by atoms with Crippen molar-refractivity contribution in [1.82, 2.24) is 14.9 Å². The number of hydrogen-bond donors (Lipinski definition) is 1. The van der Waals surface area contributed by atoms with E-state index in [-0.39, 0.29) is 0 Å². The second-order valence-electron chi connectivity index (χ2n) is 2.97. The number of nitrogens with one attached hydrogen (secondary N) is 1.